The topological polar surface area (TPSA) is 104 Å². The lowest BCUT2D eigenvalue weighted by molar-refractivity contribution is 0.229. The monoisotopic (exact) mass is 418 g/mol. The molecule has 0 atom stereocenters. The van der Waals surface area contributed by atoms with Gasteiger partial charge < -0.3 is 24.8 Å². The van der Waals surface area contributed by atoms with Gasteiger partial charge in [0.2, 0.25) is 0 Å². The molecule has 3 aromatic rings. The maximum atomic E-state index is 8.82. The van der Waals surface area contributed by atoms with Crippen molar-refractivity contribution in [3.63, 3.8) is 0 Å². The Hall–Kier alpha value is -3.64. The van der Waals surface area contributed by atoms with Gasteiger partial charge in [-0.3, -0.25) is 0 Å². The van der Waals surface area contributed by atoms with E-state index in [0.29, 0.717) is 17.7 Å². The molecule has 0 saturated carbocycles. The van der Waals surface area contributed by atoms with Gasteiger partial charge in [-0.1, -0.05) is 6.92 Å². The van der Waals surface area contributed by atoms with E-state index in [-0.39, 0.29) is 5.69 Å². The summed E-state index contributed by atoms with van der Waals surface area (Å²) in [5, 5.41) is 15.6. The number of likely N-dealkylation sites (tertiary alicyclic amines) is 1. The van der Waals surface area contributed by atoms with Crippen LogP contribution in [0.15, 0.2) is 43.1 Å². The predicted molar refractivity (Wildman–Crippen MR) is 119 cm³/mol. The van der Waals surface area contributed by atoms with E-state index >= 15 is 0 Å². The first kappa shape index (κ1) is 20.6. The Balaban J connectivity index is 1.45. The third-order valence-corrected chi connectivity index (χ3v) is 5.47. The quantitative estimate of drug-likeness (QED) is 0.603. The van der Waals surface area contributed by atoms with E-state index in [1.165, 1.54) is 12.4 Å². The van der Waals surface area contributed by atoms with Gasteiger partial charge in [0.15, 0.2) is 5.69 Å². The van der Waals surface area contributed by atoms with Crippen LogP contribution in [0.5, 0.6) is 5.75 Å². The van der Waals surface area contributed by atoms with Gasteiger partial charge in [-0.05, 0) is 31.5 Å². The van der Waals surface area contributed by atoms with E-state index in [1.807, 2.05) is 29.0 Å². The lowest BCUT2D eigenvalue weighted by Crippen LogP contribution is -2.38. The second kappa shape index (κ2) is 9.45. The first-order valence-electron chi connectivity index (χ1n) is 10.4. The van der Waals surface area contributed by atoms with Crippen molar-refractivity contribution in [2.24, 2.45) is 0 Å². The van der Waals surface area contributed by atoms with Gasteiger partial charge in [-0.15, -0.1) is 0 Å². The van der Waals surface area contributed by atoms with Crippen molar-refractivity contribution in [1.82, 2.24) is 24.4 Å². The molecular formula is C22H26N8O. The minimum atomic E-state index is 0.269. The highest BCUT2D eigenvalue weighted by atomic mass is 16.5. The van der Waals surface area contributed by atoms with E-state index in [0.717, 1.165) is 49.6 Å². The first-order chi connectivity index (χ1) is 15.2. The fourth-order valence-electron chi connectivity index (χ4n) is 3.71. The van der Waals surface area contributed by atoms with Crippen molar-refractivity contribution in [2.45, 2.75) is 25.8 Å². The minimum Gasteiger partial charge on any atom is -0.494 e. The van der Waals surface area contributed by atoms with Crippen molar-refractivity contribution < 1.29 is 4.74 Å². The van der Waals surface area contributed by atoms with E-state index in [1.54, 1.807) is 13.4 Å². The fourth-order valence-corrected chi connectivity index (χ4v) is 3.71. The summed E-state index contributed by atoms with van der Waals surface area (Å²) in [7, 11) is 1.67. The molecule has 0 amide bonds. The van der Waals surface area contributed by atoms with E-state index in [4.69, 9.17) is 10.00 Å². The van der Waals surface area contributed by atoms with Crippen molar-refractivity contribution in [3.8, 4) is 17.5 Å². The predicted octanol–water partition coefficient (Wildman–Crippen LogP) is 3.18. The maximum Gasteiger partial charge on any atom is 0.158 e. The average molecular weight is 419 g/mol. The number of aromatic nitrogens is 4. The third-order valence-electron chi connectivity index (χ3n) is 5.47. The summed E-state index contributed by atoms with van der Waals surface area (Å²) in [6.45, 7) is 5.61. The van der Waals surface area contributed by atoms with Crippen LogP contribution in [-0.2, 0) is 0 Å². The Morgan fingerprint density at radius 2 is 2.00 bits per heavy atom. The molecule has 1 aliphatic rings. The number of piperidine rings is 1. The molecule has 160 valence electrons. The molecule has 9 nitrogen and oxygen atoms in total. The summed E-state index contributed by atoms with van der Waals surface area (Å²) in [6.07, 6.45) is 8.78. The Labute approximate surface area is 181 Å². The Morgan fingerprint density at radius 3 is 2.68 bits per heavy atom. The second-order valence-electron chi connectivity index (χ2n) is 7.43. The summed E-state index contributed by atoms with van der Waals surface area (Å²) in [5.41, 5.74) is 2.22. The Morgan fingerprint density at radius 1 is 1.16 bits per heavy atom. The number of nitrogens with one attached hydrogen (secondary N) is 2. The smallest absolute Gasteiger partial charge is 0.158 e. The van der Waals surface area contributed by atoms with Crippen LogP contribution in [0.1, 0.15) is 25.5 Å². The number of hydrogen-bond acceptors (Lipinski definition) is 8. The maximum absolute atomic E-state index is 8.82. The Kier molecular flexibility index (Phi) is 6.29. The van der Waals surface area contributed by atoms with E-state index in [9.17, 15) is 0 Å². The number of imidazole rings is 1. The minimum absolute atomic E-state index is 0.269. The lowest BCUT2D eigenvalue weighted by Gasteiger charge is -2.32. The van der Waals surface area contributed by atoms with Crippen LogP contribution in [0.25, 0.3) is 5.69 Å². The molecule has 4 rings (SSSR count). The number of hydrogen-bond donors (Lipinski definition) is 2. The molecule has 1 aromatic carbocycles. The highest BCUT2D eigenvalue weighted by molar-refractivity contribution is 5.59. The molecule has 2 aromatic heterocycles. The Bertz CT molecular complexity index is 1050. The molecule has 0 bridgehead atoms. The number of ether oxygens (including phenoxy) is 1. The molecule has 9 heteroatoms. The first-order valence-corrected chi connectivity index (χ1v) is 10.4. The van der Waals surface area contributed by atoms with Gasteiger partial charge in [0.1, 0.15) is 29.8 Å². The van der Waals surface area contributed by atoms with Gasteiger partial charge in [0.25, 0.3) is 0 Å². The molecule has 1 fully saturated rings. The zero-order chi connectivity index (χ0) is 21.6. The van der Waals surface area contributed by atoms with E-state index < -0.39 is 0 Å². The lowest BCUT2D eigenvalue weighted by atomic mass is 10.0. The highest BCUT2D eigenvalue weighted by Crippen LogP contribution is 2.29. The number of nitriles is 1. The van der Waals surface area contributed by atoms with Crippen LogP contribution in [0.3, 0.4) is 0 Å². The van der Waals surface area contributed by atoms with Gasteiger partial charge in [-0.25, -0.2) is 15.0 Å². The molecule has 31 heavy (non-hydrogen) atoms. The van der Waals surface area contributed by atoms with Gasteiger partial charge in [0, 0.05) is 30.9 Å². The van der Waals surface area contributed by atoms with Crippen LogP contribution in [0, 0.1) is 11.3 Å². The van der Waals surface area contributed by atoms with Crippen molar-refractivity contribution in [1.29, 1.82) is 5.26 Å². The van der Waals surface area contributed by atoms with Crippen LogP contribution in [0.2, 0.25) is 0 Å². The SMILES string of the molecule is CCN1CCC(Nc2ccc(-n3cnc(Nc4cnc(C#N)cn4)c3)c(OC)c2)CC1. The number of rotatable bonds is 7. The number of benzene rings is 1. The zero-order valence-corrected chi connectivity index (χ0v) is 17.7. The highest BCUT2D eigenvalue weighted by Gasteiger charge is 2.18. The number of nitrogens with zero attached hydrogens (tertiary/aromatic N) is 6. The molecule has 1 saturated heterocycles. The van der Waals surface area contributed by atoms with Crippen LogP contribution >= 0.6 is 0 Å². The fraction of sp³-hybridized carbons (Fsp3) is 0.364. The molecule has 1 aliphatic heterocycles. The van der Waals surface area contributed by atoms with Gasteiger partial charge >= 0.3 is 0 Å². The summed E-state index contributed by atoms with van der Waals surface area (Å²) >= 11 is 0. The van der Waals surface area contributed by atoms with Crippen molar-refractivity contribution in [3.05, 3.63) is 48.8 Å². The number of methoxy groups -OCH3 is 1. The van der Waals surface area contributed by atoms with Gasteiger partial charge in [0.05, 0.1) is 31.4 Å². The molecule has 0 aliphatic carbocycles. The molecule has 0 spiro atoms. The summed E-state index contributed by atoms with van der Waals surface area (Å²) in [6, 6.07) is 8.56. The molecule has 3 heterocycles. The largest absolute Gasteiger partial charge is 0.494 e. The molecule has 0 radical (unpaired) electrons. The summed E-state index contributed by atoms with van der Waals surface area (Å²) < 4.78 is 7.54. The standard InChI is InChI=1S/C22H26N8O/c1-3-29-8-6-16(7-9-29)27-17-4-5-19(20(10-17)31-2)30-14-22(26-15-30)28-21-13-24-18(11-23)12-25-21/h4-5,10,12-16,27H,3,6-9H2,1-2H3,(H,25,28). The average Bonchev–Trinajstić information content (AvgIpc) is 3.28. The third kappa shape index (κ3) is 4.92. The molecule has 0 unspecified atom stereocenters. The van der Waals surface area contributed by atoms with Crippen LogP contribution in [-0.4, -0.2) is 57.2 Å². The van der Waals surface area contributed by atoms with Gasteiger partial charge in [-0.2, -0.15) is 5.26 Å². The second-order valence-corrected chi connectivity index (χ2v) is 7.43. The van der Waals surface area contributed by atoms with Crippen LogP contribution < -0.4 is 15.4 Å². The van der Waals surface area contributed by atoms with Crippen molar-refractivity contribution in [2.75, 3.05) is 37.4 Å². The van der Waals surface area contributed by atoms with Crippen LogP contribution in [0.4, 0.5) is 17.3 Å². The zero-order valence-electron chi connectivity index (χ0n) is 17.7. The summed E-state index contributed by atoms with van der Waals surface area (Å²) in [5.74, 6) is 1.90. The molecule has 2 N–H and O–H groups in total. The normalized spacial score (nSPS) is 14.7. The molecular weight excluding hydrogens is 392 g/mol. The summed E-state index contributed by atoms with van der Waals surface area (Å²) in [4.78, 5) is 15.0. The van der Waals surface area contributed by atoms with Crippen molar-refractivity contribution >= 4 is 17.3 Å². The van der Waals surface area contributed by atoms with E-state index in [2.05, 4.69) is 43.5 Å². The number of anilines is 3.